The largest absolute Gasteiger partial charge is 0.443 e. The van der Waals surface area contributed by atoms with Gasteiger partial charge in [0.2, 0.25) is 0 Å². The molecule has 0 fully saturated rings. The van der Waals surface area contributed by atoms with Crippen LogP contribution in [-0.4, -0.2) is 11.9 Å². The van der Waals surface area contributed by atoms with Crippen molar-refractivity contribution in [3.8, 4) is 0 Å². The second kappa shape index (κ2) is 7.59. The molecule has 0 atom stereocenters. The highest BCUT2D eigenvalue weighted by Crippen LogP contribution is 2.22. The van der Waals surface area contributed by atoms with Gasteiger partial charge in [-0.25, -0.2) is 18.0 Å². The van der Waals surface area contributed by atoms with Crippen LogP contribution in [0.4, 0.5) is 18.0 Å². The van der Waals surface area contributed by atoms with E-state index >= 15 is 0 Å². The number of rotatable bonds is 3. The molecule has 0 aliphatic heterocycles. The second-order valence-corrected chi connectivity index (χ2v) is 6.71. The molecule has 0 bridgehead atoms. The van der Waals surface area contributed by atoms with Crippen molar-refractivity contribution in [2.24, 2.45) is 10.7 Å². The SMILES string of the molecule is CC(C)(C)c1ccc(C(N)=NC(=O)OCc2ccc(F)c(F)c2F)cc1. The van der Waals surface area contributed by atoms with Crippen LogP contribution in [0, 0.1) is 17.5 Å². The molecule has 4 nitrogen and oxygen atoms in total. The fourth-order valence-corrected chi connectivity index (χ4v) is 2.15. The van der Waals surface area contributed by atoms with Crippen LogP contribution in [0.3, 0.4) is 0 Å². The highest BCUT2D eigenvalue weighted by molar-refractivity contribution is 6.02. The summed E-state index contributed by atoms with van der Waals surface area (Å²) in [5.74, 6) is -4.42. The van der Waals surface area contributed by atoms with Gasteiger partial charge in [0, 0.05) is 11.1 Å². The zero-order valence-electron chi connectivity index (χ0n) is 14.6. The molecule has 26 heavy (non-hydrogen) atoms. The number of ether oxygens (including phenoxy) is 1. The summed E-state index contributed by atoms with van der Waals surface area (Å²) in [7, 11) is 0. The molecular weight excluding hydrogens is 345 g/mol. The van der Waals surface area contributed by atoms with Gasteiger partial charge < -0.3 is 10.5 Å². The number of nitrogens with zero attached hydrogens (tertiary/aromatic N) is 1. The number of nitrogens with two attached hydrogens (primary N) is 1. The lowest BCUT2D eigenvalue weighted by Crippen LogP contribution is -2.17. The maximum atomic E-state index is 13.5. The highest BCUT2D eigenvalue weighted by atomic mass is 19.2. The Hall–Kier alpha value is -2.83. The van der Waals surface area contributed by atoms with E-state index < -0.39 is 30.2 Å². The quantitative estimate of drug-likeness (QED) is 0.497. The summed E-state index contributed by atoms with van der Waals surface area (Å²) in [4.78, 5) is 15.3. The van der Waals surface area contributed by atoms with Gasteiger partial charge in [-0.15, -0.1) is 0 Å². The summed E-state index contributed by atoms with van der Waals surface area (Å²) in [5.41, 5.74) is 7.04. The maximum Gasteiger partial charge on any atom is 0.435 e. The van der Waals surface area contributed by atoms with E-state index in [1.54, 1.807) is 12.1 Å². The van der Waals surface area contributed by atoms with Gasteiger partial charge >= 0.3 is 6.09 Å². The van der Waals surface area contributed by atoms with Crippen molar-refractivity contribution in [1.82, 2.24) is 0 Å². The first-order chi connectivity index (χ1) is 12.1. The Kier molecular flexibility index (Phi) is 5.69. The van der Waals surface area contributed by atoms with E-state index in [2.05, 4.69) is 25.8 Å². The summed E-state index contributed by atoms with van der Waals surface area (Å²) < 4.78 is 44.2. The van der Waals surface area contributed by atoms with Gasteiger partial charge in [-0.2, -0.15) is 4.99 Å². The molecule has 138 valence electrons. The molecule has 2 aromatic carbocycles. The monoisotopic (exact) mass is 364 g/mol. The van der Waals surface area contributed by atoms with Crippen LogP contribution in [0.25, 0.3) is 0 Å². The van der Waals surface area contributed by atoms with Gasteiger partial charge in [-0.05, 0) is 23.1 Å². The molecule has 0 aliphatic rings. The Morgan fingerprint density at radius 3 is 2.23 bits per heavy atom. The van der Waals surface area contributed by atoms with E-state index in [-0.39, 0.29) is 16.8 Å². The standard InChI is InChI=1S/C19H19F3N2O2/c1-19(2,3)13-7-4-11(5-8-13)17(23)24-18(25)26-10-12-6-9-14(20)16(22)15(12)21/h4-9H,10H2,1-3H3,(H2,23,24,25). The molecule has 0 spiro atoms. The zero-order valence-corrected chi connectivity index (χ0v) is 14.6. The third kappa shape index (κ3) is 4.62. The molecule has 1 amide bonds. The van der Waals surface area contributed by atoms with Gasteiger partial charge in [0.1, 0.15) is 12.4 Å². The first-order valence-electron chi connectivity index (χ1n) is 7.84. The number of amides is 1. The van der Waals surface area contributed by atoms with E-state index in [1.807, 2.05) is 12.1 Å². The van der Waals surface area contributed by atoms with Crippen LogP contribution in [0.15, 0.2) is 41.4 Å². The van der Waals surface area contributed by atoms with Crippen LogP contribution in [-0.2, 0) is 16.8 Å². The third-order valence-electron chi connectivity index (χ3n) is 3.72. The molecule has 0 aromatic heterocycles. The highest BCUT2D eigenvalue weighted by Gasteiger charge is 2.16. The van der Waals surface area contributed by atoms with Crippen molar-refractivity contribution in [1.29, 1.82) is 0 Å². The van der Waals surface area contributed by atoms with Crippen molar-refractivity contribution < 1.29 is 22.7 Å². The van der Waals surface area contributed by atoms with Crippen molar-refractivity contribution in [3.63, 3.8) is 0 Å². The molecule has 2 rings (SSSR count). The molecule has 2 N–H and O–H groups in total. The zero-order chi connectivity index (χ0) is 19.5. The molecule has 7 heteroatoms. The summed E-state index contributed by atoms with van der Waals surface area (Å²) >= 11 is 0. The van der Waals surface area contributed by atoms with Crippen molar-refractivity contribution in [3.05, 3.63) is 70.5 Å². The Labute approximate surface area is 149 Å². The van der Waals surface area contributed by atoms with Crippen LogP contribution in [0.5, 0.6) is 0 Å². The number of benzene rings is 2. The van der Waals surface area contributed by atoms with Crippen molar-refractivity contribution in [2.75, 3.05) is 0 Å². The van der Waals surface area contributed by atoms with Gasteiger partial charge in [0.15, 0.2) is 17.5 Å². The smallest absolute Gasteiger partial charge is 0.435 e. The average Bonchev–Trinajstić information content (AvgIpc) is 2.58. The maximum absolute atomic E-state index is 13.5. The molecule has 0 saturated heterocycles. The van der Waals surface area contributed by atoms with Crippen molar-refractivity contribution >= 4 is 11.9 Å². The summed E-state index contributed by atoms with van der Waals surface area (Å²) in [6, 6.07) is 8.93. The van der Waals surface area contributed by atoms with Crippen molar-refractivity contribution in [2.45, 2.75) is 32.8 Å². The molecule has 0 unspecified atom stereocenters. The van der Waals surface area contributed by atoms with E-state index in [9.17, 15) is 18.0 Å². The van der Waals surface area contributed by atoms with Gasteiger partial charge in [-0.3, -0.25) is 0 Å². The minimum atomic E-state index is -1.62. The van der Waals surface area contributed by atoms with Gasteiger partial charge in [0.05, 0.1) is 0 Å². The number of hydrogen-bond acceptors (Lipinski definition) is 2. The Bertz CT molecular complexity index is 841. The minimum Gasteiger partial charge on any atom is -0.443 e. The molecule has 0 heterocycles. The molecule has 2 aromatic rings. The van der Waals surface area contributed by atoms with Crippen LogP contribution in [0.1, 0.15) is 37.5 Å². The molecule has 0 aliphatic carbocycles. The number of carbonyl (C=O) groups is 1. The lowest BCUT2D eigenvalue weighted by molar-refractivity contribution is 0.149. The first-order valence-corrected chi connectivity index (χ1v) is 7.84. The molecular formula is C19H19F3N2O2. The summed E-state index contributed by atoms with van der Waals surface area (Å²) in [6.45, 7) is 5.60. The summed E-state index contributed by atoms with van der Waals surface area (Å²) in [5, 5.41) is 0. The van der Waals surface area contributed by atoms with Crippen LogP contribution in [0.2, 0.25) is 0 Å². The Morgan fingerprint density at radius 2 is 1.65 bits per heavy atom. The number of aliphatic imine (C=N–C) groups is 1. The van der Waals surface area contributed by atoms with Crippen LogP contribution < -0.4 is 5.73 Å². The van der Waals surface area contributed by atoms with E-state index in [0.717, 1.165) is 17.7 Å². The van der Waals surface area contributed by atoms with Crippen LogP contribution >= 0.6 is 0 Å². The Morgan fingerprint density at radius 1 is 1.04 bits per heavy atom. The fraction of sp³-hybridized carbons (Fsp3) is 0.263. The number of amidine groups is 1. The number of carbonyl (C=O) groups excluding carboxylic acids is 1. The van der Waals surface area contributed by atoms with Gasteiger partial charge in [0.25, 0.3) is 0 Å². The molecule has 0 saturated carbocycles. The third-order valence-corrected chi connectivity index (χ3v) is 3.72. The fourth-order valence-electron chi connectivity index (χ4n) is 2.15. The molecule has 0 radical (unpaired) electrons. The number of hydrogen-bond donors (Lipinski definition) is 1. The normalized spacial score (nSPS) is 12.2. The Balaban J connectivity index is 2.05. The van der Waals surface area contributed by atoms with Gasteiger partial charge in [-0.1, -0.05) is 45.0 Å². The lowest BCUT2D eigenvalue weighted by Gasteiger charge is -2.19. The predicted octanol–water partition coefficient (Wildman–Crippen LogP) is 4.44. The first kappa shape index (κ1) is 19.5. The summed E-state index contributed by atoms with van der Waals surface area (Å²) in [6.07, 6.45) is -1.06. The number of halogens is 3. The average molecular weight is 364 g/mol. The topological polar surface area (TPSA) is 64.7 Å². The minimum absolute atomic E-state index is 0.0299. The van der Waals surface area contributed by atoms with E-state index in [0.29, 0.717) is 5.56 Å². The lowest BCUT2D eigenvalue weighted by atomic mass is 9.87. The van der Waals surface area contributed by atoms with E-state index in [1.165, 1.54) is 0 Å². The second-order valence-electron chi connectivity index (χ2n) is 6.71. The van der Waals surface area contributed by atoms with E-state index in [4.69, 9.17) is 10.5 Å². The predicted molar refractivity (Wildman–Crippen MR) is 92.4 cm³/mol.